The second kappa shape index (κ2) is 8.49. The van der Waals surface area contributed by atoms with Crippen molar-refractivity contribution in [2.45, 2.75) is 20.1 Å². The number of aryl methyl sites for hydroxylation is 1. The minimum Gasteiger partial charge on any atom is -0.489 e. The maximum absolute atomic E-state index is 5.94. The highest BCUT2D eigenvalue weighted by molar-refractivity contribution is 6.09. The molecule has 31 heavy (non-hydrogen) atoms. The van der Waals surface area contributed by atoms with Gasteiger partial charge in [0.25, 0.3) is 0 Å². The number of rotatable bonds is 6. The number of ether oxygens (including phenoxy) is 1. The molecule has 0 unspecified atom stereocenters. The van der Waals surface area contributed by atoms with Crippen LogP contribution in [0.1, 0.15) is 18.1 Å². The van der Waals surface area contributed by atoms with E-state index in [4.69, 9.17) is 9.73 Å². The minimum absolute atomic E-state index is 0.555. The van der Waals surface area contributed by atoms with Gasteiger partial charge in [0.15, 0.2) is 0 Å². The largest absolute Gasteiger partial charge is 0.489 e. The molecule has 152 valence electrons. The molecule has 0 amide bonds. The second-order valence-electron chi connectivity index (χ2n) is 7.57. The summed E-state index contributed by atoms with van der Waals surface area (Å²) in [7, 11) is 0. The van der Waals surface area contributed by atoms with E-state index >= 15 is 0 Å². The van der Waals surface area contributed by atoms with Crippen LogP contribution in [0.25, 0.3) is 21.8 Å². The molecule has 0 saturated heterocycles. The third-order valence-corrected chi connectivity index (χ3v) is 5.54. The molecule has 0 aliphatic rings. The first-order valence-electron chi connectivity index (χ1n) is 10.6. The Balaban J connectivity index is 1.39. The highest BCUT2D eigenvalue weighted by Gasteiger charge is 2.09. The lowest BCUT2D eigenvalue weighted by atomic mass is 10.1. The van der Waals surface area contributed by atoms with Gasteiger partial charge in [0, 0.05) is 34.6 Å². The van der Waals surface area contributed by atoms with Gasteiger partial charge in [-0.3, -0.25) is 4.99 Å². The predicted molar refractivity (Wildman–Crippen MR) is 130 cm³/mol. The zero-order chi connectivity index (χ0) is 21.0. The van der Waals surface area contributed by atoms with Gasteiger partial charge in [0.1, 0.15) is 12.4 Å². The standard InChI is InChI=1S/C28H24N2O/c1-2-30-27-14-7-6-13-25(27)26-18-23(15-16-28(26)30)29-19-22-11-8-12-24(17-22)31-20-21-9-4-3-5-10-21/h3-19H,2,20H2,1H3. The van der Waals surface area contributed by atoms with Crippen LogP contribution in [0.3, 0.4) is 0 Å². The lowest BCUT2D eigenvalue weighted by Crippen LogP contribution is -1.95. The van der Waals surface area contributed by atoms with Gasteiger partial charge < -0.3 is 9.30 Å². The summed E-state index contributed by atoms with van der Waals surface area (Å²) >= 11 is 0. The van der Waals surface area contributed by atoms with Gasteiger partial charge in [-0.05, 0) is 54.4 Å². The fourth-order valence-electron chi connectivity index (χ4n) is 4.04. The van der Waals surface area contributed by atoms with Crippen molar-refractivity contribution >= 4 is 33.7 Å². The number of para-hydroxylation sites is 1. The first-order valence-corrected chi connectivity index (χ1v) is 10.6. The molecule has 0 atom stereocenters. The van der Waals surface area contributed by atoms with Crippen LogP contribution in [0.2, 0.25) is 0 Å². The molecule has 1 aromatic heterocycles. The molecule has 3 heteroatoms. The first-order chi connectivity index (χ1) is 15.3. The molecule has 5 rings (SSSR count). The van der Waals surface area contributed by atoms with Crippen LogP contribution in [0.15, 0.2) is 102 Å². The topological polar surface area (TPSA) is 26.5 Å². The summed E-state index contributed by atoms with van der Waals surface area (Å²) in [6.07, 6.45) is 1.90. The highest BCUT2D eigenvalue weighted by atomic mass is 16.5. The molecule has 0 bridgehead atoms. The molecule has 0 spiro atoms. The summed E-state index contributed by atoms with van der Waals surface area (Å²) in [5.74, 6) is 0.842. The fraction of sp³-hybridized carbons (Fsp3) is 0.107. The Hall–Kier alpha value is -3.85. The number of benzene rings is 4. The van der Waals surface area contributed by atoms with Crippen molar-refractivity contribution in [3.63, 3.8) is 0 Å². The van der Waals surface area contributed by atoms with E-state index in [2.05, 4.69) is 66.1 Å². The van der Waals surface area contributed by atoms with Crippen molar-refractivity contribution in [2.75, 3.05) is 0 Å². The first kappa shape index (κ1) is 19.1. The van der Waals surface area contributed by atoms with Crippen LogP contribution in [0.5, 0.6) is 5.75 Å². The van der Waals surface area contributed by atoms with E-state index in [0.29, 0.717) is 6.61 Å². The van der Waals surface area contributed by atoms with Gasteiger partial charge >= 0.3 is 0 Å². The molecule has 0 fully saturated rings. The summed E-state index contributed by atoms with van der Waals surface area (Å²) in [4.78, 5) is 4.74. The third-order valence-electron chi connectivity index (χ3n) is 5.54. The van der Waals surface area contributed by atoms with Gasteiger partial charge in [0.2, 0.25) is 0 Å². The number of hydrogen-bond acceptors (Lipinski definition) is 2. The Morgan fingerprint density at radius 3 is 2.45 bits per heavy atom. The van der Waals surface area contributed by atoms with Gasteiger partial charge in [-0.25, -0.2) is 0 Å². The molecule has 0 aliphatic carbocycles. The summed E-state index contributed by atoms with van der Waals surface area (Å²) in [5.41, 5.74) is 5.63. The lowest BCUT2D eigenvalue weighted by molar-refractivity contribution is 0.306. The Labute approximate surface area is 182 Å². The van der Waals surface area contributed by atoms with E-state index in [1.807, 2.05) is 48.7 Å². The fourth-order valence-corrected chi connectivity index (χ4v) is 4.04. The normalized spacial score (nSPS) is 11.5. The van der Waals surface area contributed by atoms with Crippen molar-refractivity contribution in [1.29, 1.82) is 0 Å². The summed E-state index contributed by atoms with van der Waals surface area (Å²) in [6, 6.07) is 33.2. The monoisotopic (exact) mass is 404 g/mol. The lowest BCUT2D eigenvalue weighted by Gasteiger charge is -2.06. The van der Waals surface area contributed by atoms with E-state index in [9.17, 15) is 0 Å². The predicted octanol–water partition coefficient (Wildman–Crippen LogP) is 7.14. The second-order valence-corrected chi connectivity index (χ2v) is 7.57. The number of aromatic nitrogens is 1. The number of aliphatic imine (C=N–C) groups is 1. The molecule has 3 nitrogen and oxygen atoms in total. The summed E-state index contributed by atoms with van der Waals surface area (Å²) in [5, 5.41) is 2.51. The maximum atomic E-state index is 5.94. The Kier molecular flexibility index (Phi) is 5.24. The number of nitrogens with zero attached hydrogens (tertiary/aromatic N) is 2. The van der Waals surface area contributed by atoms with Crippen molar-refractivity contribution in [3.8, 4) is 5.75 Å². The average Bonchev–Trinajstić information content (AvgIpc) is 3.15. The van der Waals surface area contributed by atoms with Gasteiger partial charge in [-0.2, -0.15) is 0 Å². The van der Waals surface area contributed by atoms with Crippen LogP contribution in [-0.2, 0) is 13.2 Å². The molecule has 0 radical (unpaired) electrons. The van der Waals surface area contributed by atoms with E-state index in [-0.39, 0.29) is 0 Å². The zero-order valence-electron chi connectivity index (χ0n) is 17.5. The van der Waals surface area contributed by atoms with Crippen LogP contribution in [0.4, 0.5) is 5.69 Å². The SMILES string of the molecule is CCn1c2ccccc2c2cc(N=Cc3cccc(OCc4ccccc4)c3)ccc21. The molecule has 0 N–H and O–H groups in total. The maximum Gasteiger partial charge on any atom is 0.120 e. The Bertz CT molecular complexity index is 1370. The molecule has 0 aliphatic heterocycles. The molecular formula is C28H24N2O. The quantitative estimate of drug-likeness (QED) is 0.276. The van der Waals surface area contributed by atoms with Gasteiger partial charge in [0.05, 0.1) is 5.69 Å². The smallest absolute Gasteiger partial charge is 0.120 e. The van der Waals surface area contributed by atoms with Crippen LogP contribution in [0, 0.1) is 0 Å². The van der Waals surface area contributed by atoms with Crippen molar-refractivity contribution in [2.24, 2.45) is 4.99 Å². The summed E-state index contributed by atoms with van der Waals surface area (Å²) < 4.78 is 8.29. The van der Waals surface area contributed by atoms with Crippen molar-refractivity contribution in [1.82, 2.24) is 4.57 Å². The average molecular weight is 405 g/mol. The molecule has 5 aromatic rings. The van der Waals surface area contributed by atoms with E-state index in [1.165, 1.54) is 21.8 Å². The van der Waals surface area contributed by atoms with Crippen LogP contribution < -0.4 is 4.74 Å². The highest BCUT2D eigenvalue weighted by Crippen LogP contribution is 2.31. The Morgan fingerprint density at radius 2 is 1.58 bits per heavy atom. The molecule has 4 aromatic carbocycles. The van der Waals surface area contributed by atoms with Gasteiger partial charge in [-0.15, -0.1) is 0 Å². The minimum atomic E-state index is 0.555. The number of hydrogen-bond donors (Lipinski definition) is 0. The Morgan fingerprint density at radius 1 is 0.774 bits per heavy atom. The zero-order valence-corrected chi connectivity index (χ0v) is 17.5. The van der Waals surface area contributed by atoms with Crippen molar-refractivity contribution < 1.29 is 4.74 Å². The van der Waals surface area contributed by atoms with Crippen LogP contribution >= 0.6 is 0 Å². The van der Waals surface area contributed by atoms with Gasteiger partial charge in [-0.1, -0.05) is 60.7 Å². The third kappa shape index (κ3) is 3.95. The van der Waals surface area contributed by atoms with Crippen molar-refractivity contribution in [3.05, 3.63) is 108 Å². The van der Waals surface area contributed by atoms with E-state index < -0.39 is 0 Å². The number of fused-ring (bicyclic) bond motifs is 3. The molecular weight excluding hydrogens is 380 g/mol. The van der Waals surface area contributed by atoms with E-state index in [0.717, 1.165) is 29.1 Å². The van der Waals surface area contributed by atoms with E-state index in [1.54, 1.807) is 0 Å². The van der Waals surface area contributed by atoms with Crippen LogP contribution in [-0.4, -0.2) is 10.8 Å². The molecule has 0 saturated carbocycles. The summed E-state index contributed by atoms with van der Waals surface area (Å²) in [6.45, 7) is 3.69. The molecule has 1 heterocycles.